The zero-order valence-corrected chi connectivity index (χ0v) is 9.89. The van der Waals surface area contributed by atoms with E-state index in [0.29, 0.717) is 19.0 Å². The molecule has 0 aliphatic carbocycles. The molecule has 1 atom stereocenters. The van der Waals surface area contributed by atoms with Crippen LogP contribution in [0, 0.1) is 0 Å². The van der Waals surface area contributed by atoms with Gasteiger partial charge in [0.15, 0.2) is 5.76 Å². The summed E-state index contributed by atoms with van der Waals surface area (Å²) in [6, 6.07) is 9.51. The third-order valence-corrected chi connectivity index (χ3v) is 2.62. The van der Waals surface area contributed by atoms with Crippen molar-refractivity contribution in [2.45, 2.75) is 19.4 Å². The summed E-state index contributed by atoms with van der Waals surface area (Å²) in [6.07, 6.45) is 2.08. The van der Waals surface area contributed by atoms with Crippen molar-refractivity contribution in [3.63, 3.8) is 0 Å². The van der Waals surface area contributed by atoms with E-state index in [4.69, 9.17) is 9.47 Å². The van der Waals surface area contributed by atoms with Crippen LogP contribution in [0.1, 0.15) is 25.0 Å². The van der Waals surface area contributed by atoms with Crippen LogP contribution in [0.25, 0.3) is 0 Å². The number of benzene rings is 1. The first-order chi connectivity index (χ1) is 8.33. The highest BCUT2D eigenvalue weighted by Gasteiger charge is 2.26. The molecule has 3 nitrogen and oxygen atoms in total. The lowest BCUT2D eigenvalue weighted by Gasteiger charge is -2.16. The Morgan fingerprint density at radius 2 is 2.18 bits per heavy atom. The summed E-state index contributed by atoms with van der Waals surface area (Å²) in [5.41, 5.74) is 0.871. The Labute approximate surface area is 101 Å². The van der Waals surface area contributed by atoms with Crippen LogP contribution in [-0.2, 0) is 14.3 Å². The van der Waals surface area contributed by atoms with Crippen LogP contribution in [0.5, 0.6) is 0 Å². The fourth-order valence-corrected chi connectivity index (χ4v) is 1.84. The van der Waals surface area contributed by atoms with E-state index in [-0.39, 0.29) is 5.78 Å². The van der Waals surface area contributed by atoms with Gasteiger partial charge in [0.25, 0.3) is 0 Å². The molecule has 0 amide bonds. The van der Waals surface area contributed by atoms with E-state index in [1.165, 1.54) is 0 Å². The van der Waals surface area contributed by atoms with Crippen molar-refractivity contribution in [3.05, 3.63) is 47.7 Å². The van der Waals surface area contributed by atoms with Crippen molar-refractivity contribution in [1.82, 2.24) is 0 Å². The number of ether oxygens (including phenoxy) is 2. The normalized spacial score (nSPS) is 16.2. The van der Waals surface area contributed by atoms with Crippen molar-refractivity contribution in [3.8, 4) is 0 Å². The molecule has 0 spiro atoms. The Morgan fingerprint density at radius 3 is 2.76 bits per heavy atom. The van der Waals surface area contributed by atoms with Crippen LogP contribution in [0.2, 0.25) is 0 Å². The number of ketones is 1. The largest absolute Gasteiger partial charge is 0.490 e. The quantitative estimate of drug-likeness (QED) is 0.783. The van der Waals surface area contributed by atoms with Crippen LogP contribution in [0.3, 0.4) is 0 Å². The Hall–Kier alpha value is -1.61. The monoisotopic (exact) mass is 232 g/mol. The number of Topliss-reactive ketones (excluding diaryl/α,β-unsaturated/α-hetero) is 1. The van der Waals surface area contributed by atoms with E-state index in [0.717, 1.165) is 12.0 Å². The molecule has 0 radical (unpaired) electrons. The van der Waals surface area contributed by atoms with Gasteiger partial charge >= 0.3 is 0 Å². The van der Waals surface area contributed by atoms with Crippen molar-refractivity contribution < 1.29 is 14.3 Å². The van der Waals surface area contributed by atoms with Gasteiger partial charge in [0.05, 0.1) is 6.61 Å². The third-order valence-electron chi connectivity index (χ3n) is 2.62. The third kappa shape index (κ3) is 2.74. The molecule has 0 bridgehead atoms. The highest BCUT2D eigenvalue weighted by atomic mass is 16.5. The van der Waals surface area contributed by atoms with Crippen molar-refractivity contribution >= 4 is 5.78 Å². The highest BCUT2D eigenvalue weighted by Crippen LogP contribution is 2.24. The van der Waals surface area contributed by atoms with Gasteiger partial charge < -0.3 is 9.47 Å². The molecule has 1 aromatic carbocycles. The first kappa shape index (κ1) is 11.9. The minimum absolute atomic E-state index is 0.0875. The fraction of sp³-hybridized carbons (Fsp3) is 0.357. The van der Waals surface area contributed by atoms with Gasteiger partial charge in [-0.05, 0) is 18.6 Å². The number of rotatable bonds is 5. The number of carbonyl (C=O) groups is 1. The lowest BCUT2D eigenvalue weighted by atomic mass is 10.0. The first-order valence-corrected chi connectivity index (χ1v) is 5.86. The standard InChI is InChI=1S/C14H16O3/c1-2-16-14(11-7-4-3-5-8-11)13(15)12-9-6-10-17-12/h3-5,7-9,14H,2,6,10H2,1H3. The van der Waals surface area contributed by atoms with Crippen LogP contribution in [-0.4, -0.2) is 19.0 Å². The maximum absolute atomic E-state index is 12.2. The van der Waals surface area contributed by atoms with E-state index in [1.807, 2.05) is 43.3 Å². The maximum Gasteiger partial charge on any atom is 0.230 e. The topological polar surface area (TPSA) is 35.5 Å². The van der Waals surface area contributed by atoms with Gasteiger partial charge in [-0.1, -0.05) is 30.3 Å². The Bertz CT molecular complexity index is 409. The highest BCUT2D eigenvalue weighted by molar-refractivity contribution is 5.97. The second-order valence-corrected chi connectivity index (χ2v) is 3.82. The second kappa shape index (κ2) is 5.64. The van der Waals surface area contributed by atoms with Gasteiger partial charge in [0, 0.05) is 13.0 Å². The predicted molar refractivity (Wildman–Crippen MR) is 64.5 cm³/mol. The van der Waals surface area contributed by atoms with Gasteiger partial charge in [0.2, 0.25) is 5.78 Å². The molecule has 1 aliphatic heterocycles. The first-order valence-electron chi connectivity index (χ1n) is 5.86. The zero-order valence-electron chi connectivity index (χ0n) is 9.89. The van der Waals surface area contributed by atoms with Gasteiger partial charge in [-0.2, -0.15) is 0 Å². The SMILES string of the molecule is CCOC(C(=O)C1=CCCO1)c1ccccc1. The molecule has 0 saturated heterocycles. The molecule has 3 heteroatoms. The molecule has 0 saturated carbocycles. The number of carbonyl (C=O) groups excluding carboxylic acids is 1. The molecular weight excluding hydrogens is 216 g/mol. The van der Waals surface area contributed by atoms with Crippen LogP contribution in [0.15, 0.2) is 42.2 Å². The van der Waals surface area contributed by atoms with Crippen LogP contribution in [0.4, 0.5) is 0 Å². The predicted octanol–water partition coefficient (Wildman–Crippen LogP) is 2.64. The smallest absolute Gasteiger partial charge is 0.230 e. The summed E-state index contributed by atoms with van der Waals surface area (Å²) in [7, 11) is 0. The minimum atomic E-state index is -0.550. The van der Waals surface area contributed by atoms with E-state index < -0.39 is 6.10 Å². The van der Waals surface area contributed by atoms with E-state index in [2.05, 4.69) is 0 Å². The Morgan fingerprint density at radius 1 is 1.41 bits per heavy atom. The molecule has 2 rings (SSSR count). The second-order valence-electron chi connectivity index (χ2n) is 3.82. The zero-order chi connectivity index (χ0) is 12.1. The molecule has 1 unspecified atom stereocenters. The Balaban J connectivity index is 2.20. The van der Waals surface area contributed by atoms with Gasteiger partial charge in [-0.15, -0.1) is 0 Å². The van der Waals surface area contributed by atoms with Gasteiger partial charge in [-0.25, -0.2) is 0 Å². The molecule has 0 aromatic heterocycles. The summed E-state index contributed by atoms with van der Waals surface area (Å²) in [5, 5.41) is 0. The fourth-order valence-electron chi connectivity index (χ4n) is 1.84. The maximum atomic E-state index is 12.2. The molecular formula is C14H16O3. The molecule has 90 valence electrons. The van der Waals surface area contributed by atoms with Gasteiger partial charge in [0.1, 0.15) is 6.10 Å². The van der Waals surface area contributed by atoms with Crippen molar-refractivity contribution in [1.29, 1.82) is 0 Å². The van der Waals surface area contributed by atoms with Gasteiger partial charge in [-0.3, -0.25) is 4.79 Å². The summed E-state index contributed by atoms with van der Waals surface area (Å²) in [4.78, 5) is 12.2. The minimum Gasteiger partial charge on any atom is -0.490 e. The summed E-state index contributed by atoms with van der Waals surface area (Å²) < 4.78 is 10.8. The lowest BCUT2D eigenvalue weighted by Crippen LogP contribution is -2.18. The van der Waals surface area contributed by atoms with E-state index in [9.17, 15) is 4.79 Å². The Kier molecular flexibility index (Phi) is 3.94. The molecule has 0 fully saturated rings. The molecule has 1 heterocycles. The average Bonchev–Trinajstić information content (AvgIpc) is 2.90. The molecule has 1 aliphatic rings. The number of hydrogen-bond donors (Lipinski definition) is 0. The summed E-state index contributed by atoms with van der Waals surface area (Å²) in [5.74, 6) is 0.350. The van der Waals surface area contributed by atoms with E-state index in [1.54, 1.807) is 0 Å². The van der Waals surface area contributed by atoms with Crippen molar-refractivity contribution in [2.24, 2.45) is 0 Å². The van der Waals surface area contributed by atoms with Crippen LogP contribution >= 0.6 is 0 Å². The molecule has 17 heavy (non-hydrogen) atoms. The average molecular weight is 232 g/mol. The molecule has 0 N–H and O–H groups in total. The number of hydrogen-bond acceptors (Lipinski definition) is 3. The molecule has 1 aromatic rings. The van der Waals surface area contributed by atoms with Crippen LogP contribution < -0.4 is 0 Å². The lowest BCUT2D eigenvalue weighted by molar-refractivity contribution is -0.130. The summed E-state index contributed by atoms with van der Waals surface area (Å²) >= 11 is 0. The van der Waals surface area contributed by atoms with E-state index >= 15 is 0 Å². The van der Waals surface area contributed by atoms with Crippen molar-refractivity contribution in [2.75, 3.05) is 13.2 Å². The summed E-state index contributed by atoms with van der Waals surface area (Å²) in [6.45, 7) is 2.97.